The van der Waals surface area contributed by atoms with Gasteiger partial charge in [-0.05, 0) is 62.5 Å². The molecule has 18 heavy (non-hydrogen) atoms. The summed E-state index contributed by atoms with van der Waals surface area (Å²) in [6, 6.07) is 6.50. The predicted molar refractivity (Wildman–Crippen MR) is 76.4 cm³/mol. The maximum atomic E-state index is 6.13. The van der Waals surface area contributed by atoms with Crippen molar-refractivity contribution in [1.29, 1.82) is 0 Å². The van der Waals surface area contributed by atoms with Gasteiger partial charge in [0.2, 0.25) is 0 Å². The van der Waals surface area contributed by atoms with Crippen molar-refractivity contribution in [1.82, 2.24) is 4.90 Å². The zero-order valence-corrected chi connectivity index (χ0v) is 12.1. The van der Waals surface area contributed by atoms with Gasteiger partial charge in [0.1, 0.15) is 11.9 Å². The van der Waals surface area contributed by atoms with Gasteiger partial charge in [-0.3, -0.25) is 0 Å². The molecule has 1 fully saturated rings. The van der Waals surface area contributed by atoms with E-state index in [1.165, 1.54) is 30.5 Å². The number of hydrogen-bond acceptors (Lipinski definition) is 2. The fourth-order valence-electron chi connectivity index (χ4n) is 2.72. The number of benzene rings is 1. The van der Waals surface area contributed by atoms with Crippen LogP contribution < -0.4 is 4.74 Å². The molecule has 0 bridgehead atoms. The number of rotatable bonds is 3. The van der Waals surface area contributed by atoms with Crippen LogP contribution in [0, 0.1) is 6.92 Å². The van der Waals surface area contributed by atoms with Gasteiger partial charge >= 0.3 is 0 Å². The molecule has 0 N–H and O–H groups in total. The highest BCUT2D eigenvalue weighted by molar-refractivity contribution is 5.36. The number of ether oxygens (including phenoxy) is 1. The first-order valence-electron chi connectivity index (χ1n) is 7.02. The van der Waals surface area contributed by atoms with Crippen LogP contribution in [0.4, 0.5) is 0 Å². The van der Waals surface area contributed by atoms with Gasteiger partial charge in [-0.15, -0.1) is 0 Å². The summed E-state index contributed by atoms with van der Waals surface area (Å²) < 4.78 is 6.13. The number of likely N-dealkylation sites (N-methyl/N-ethyl adjacent to an activating group) is 1. The van der Waals surface area contributed by atoms with Crippen LogP contribution >= 0.6 is 0 Å². The Hall–Kier alpha value is -1.02. The van der Waals surface area contributed by atoms with E-state index in [-0.39, 0.29) is 0 Å². The van der Waals surface area contributed by atoms with Crippen LogP contribution in [-0.2, 0) is 0 Å². The summed E-state index contributed by atoms with van der Waals surface area (Å²) in [6.45, 7) is 8.89. The molecular weight excluding hydrogens is 222 g/mol. The first-order valence-corrected chi connectivity index (χ1v) is 7.02. The molecule has 2 nitrogen and oxygen atoms in total. The maximum absolute atomic E-state index is 6.13. The second kappa shape index (κ2) is 5.75. The minimum atomic E-state index is 0.353. The average molecular weight is 247 g/mol. The maximum Gasteiger partial charge on any atom is 0.120 e. The lowest BCUT2D eigenvalue weighted by atomic mass is 9.98. The van der Waals surface area contributed by atoms with Crippen molar-refractivity contribution < 1.29 is 4.74 Å². The molecule has 1 atom stereocenters. The second-order valence-corrected chi connectivity index (χ2v) is 5.82. The summed E-state index contributed by atoms with van der Waals surface area (Å²) in [7, 11) is 2.17. The van der Waals surface area contributed by atoms with Crippen molar-refractivity contribution in [3.8, 4) is 5.75 Å². The molecule has 2 heteroatoms. The fraction of sp³-hybridized carbons (Fsp3) is 0.625. The summed E-state index contributed by atoms with van der Waals surface area (Å²) in [6.07, 6.45) is 2.77. The molecule has 1 saturated heterocycles. The van der Waals surface area contributed by atoms with Gasteiger partial charge in [-0.2, -0.15) is 0 Å². The monoisotopic (exact) mass is 247 g/mol. The van der Waals surface area contributed by atoms with Gasteiger partial charge in [0, 0.05) is 6.54 Å². The van der Waals surface area contributed by atoms with E-state index in [2.05, 4.69) is 50.9 Å². The Morgan fingerprint density at radius 3 is 2.78 bits per heavy atom. The SMILES string of the molecule is Cc1ccc(OC2CCCN(C)C2)cc1C(C)C. The number of hydrogen-bond donors (Lipinski definition) is 0. The molecule has 0 saturated carbocycles. The first kappa shape index (κ1) is 13.4. The minimum Gasteiger partial charge on any atom is -0.489 e. The van der Waals surface area contributed by atoms with Gasteiger partial charge in [0.05, 0.1) is 0 Å². The van der Waals surface area contributed by atoms with Crippen molar-refractivity contribution in [2.75, 3.05) is 20.1 Å². The lowest BCUT2D eigenvalue weighted by Gasteiger charge is -2.30. The molecule has 1 unspecified atom stereocenters. The summed E-state index contributed by atoms with van der Waals surface area (Å²) in [5, 5.41) is 0. The van der Waals surface area contributed by atoms with Crippen molar-refractivity contribution >= 4 is 0 Å². The van der Waals surface area contributed by atoms with Crippen molar-refractivity contribution in [2.24, 2.45) is 0 Å². The molecule has 0 spiro atoms. The van der Waals surface area contributed by atoms with Crippen molar-refractivity contribution in [3.05, 3.63) is 29.3 Å². The minimum absolute atomic E-state index is 0.353. The molecule has 0 radical (unpaired) electrons. The standard InChI is InChI=1S/C16H25NO/c1-12(2)16-10-14(8-7-13(16)3)18-15-6-5-9-17(4)11-15/h7-8,10,12,15H,5-6,9,11H2,1-4H3. The van der Waals surface area contributed by atoms with E-state index in [9.17, 15) is 0 Å². The zero-order chi connectivity index (χ0) is 13.1. The van der Waals surface area contributed by atoms with E-state index in [0.29, 0.717) is 12.0 Å². The highest BCUT2D eigenvalue weighted by Gasteiger charge is 2.18. The van der Waals surface area contributed by atoms with E-state index < -0.39 is 0 Å². The largest absolute Gasteiger partial charge is 0.489 e. The Morgan fingerprint density at radius 1 is 1.33 bits per heavy atom. The van der Waals surface area contributed by atoms with Gasteiger partial charge in [-0.25, -0.2) is 0 Å². The third-order valence-corrected chi connectivity index (χ3v) is 3.76. The molecule has 1 aliphatic heterocycles. The van der Waals surface area contributed by atoms with E-state index in [4.69, 9.17) is 4.74 Å². The number of likely N-dealkylation sites (tertiary alicyclic amines) is 1. The lowest BCUT2D eigenvalue weighted by Crippen LogP contribution is -2.38. The Morgan fingerprint density at radius 2 is 2.11 bits per heavy atom. The Labute approximate surface area is 111 Å². The van der Waals surface area contributed by atoms with Crippen LogP contribution in [0.2, 0.25) is 0 Å². The van der Waals surface area contributed by atoms with Crippen LogP contribution in [0.15, 0.2) is 18.2 Å². The summed E-state index contributed by atoms with van der Waals surface area (Å²) in [5.74, 6) is 1.59. The Balaban J connectivity index is 2.07. The average Bonchev–Trinajstić information content (AvgIpc) is 2.31. The third-order valence-electron chi connectivity index (χ3n) is 3.76. The molecule has 1 aromatic carbocycles. The van der Waals surface area contributed by atoms with Crippen molar-refractivity contribution in [2.45, 2.75) is 45.6 Å². The van der Waals surface area contributed by atoms with Gasteiger partial charge in [-0.1, -0.05) is 19.9 Å². The van der Waals surface area contributed by atoms with E-state index >= 15 is 0 Å². The van der Waals surface area contributed by atoms with E-state index in [0.717, 1.165) is 12.3 Å². The molecule has 0 amide bonds. The van der Waals surface area contributed by atoms with E-state index in [1.807, 2.05) is 0 Å². The van der Waals surface area contributed by atoms with Gasteiger partial charge in [0.15, 0.2) is 0 Å². The summed E-state index contributed by atoms with van der Waals surface area (Å²) >= 11 is 0. The van der Waals surface area contributed by atoms with E-state index in [1.54, 1.807) is 0 Å². The second-order valence-electron chi connectivity index (χ2n) is 5.82. The third kappa shape index (κ3) is 3.26. The van der Waals surface area contributed by atoms with Gasteiger partial charge in [0.25, 0.3) is 0 Å². The molecule has 0 aromatic heterocycles. The zero-order valence-electron chi connectivity index (χ0n) is 12.1. The molecule has 100 valence electrons. The molecule has 1 aromatic rings. The van der Waals surface area contributed by atoms with Crippen LogP contribution in [0.5, 0.6) is 5.75 Å². The number of piperidine rings is 1. The van der Waals surface area contributed by atoms with Gasteiger partial charge < -0.3 is 9.64 Å². The van der Waals surface area contributed by atoms with Crippen LogP contribution in [0.3, 0.4) is 0 Å². The predicted octanol–water partition coefficient (Wildman–Crippen LogP) is 3.59. The highest BCUT2D eigenvalue weighted by atomic mass is 16.5. The Kier molecular flexibility index (Phi) is 4.28. The topological polar surface area (TPSA) is 12.5 Å². The quantitative estimate of drug-likeness (QED) is 0.809. The highest BCUT2D eigenvalue weighted by Crippen LogP contribution is 2.26. The van der Waals surface area contributed by atoms with Crippen LogP contribution in [-0.4, -0.2) is 31.1 Å². The molecule has 2 rings (SSSR count). The molecule has 0 aliphatic carbocycles. The first-order chi connectivity index (χ1) is 8.56. The molecule has 1 aliphatic rings. The Bertz CT molecular complexity index is 400. The number of nitrogens with zero attached hydrogens (tertiary/aromatic N) is 1. The fourth-order valence-corrected chi connectivity index (χ4v) is 2.72. The van der Waals surface area contributed by atoms with Crippen LogP contribution in [0.1, 0.15) is 43.7 Å². The summed E-state index contributed by atoms with van der Waals surface area (Å²) in [5.41, 5.74) is 2.76. The number of aryl methyl sites for hydroxylation is 1. The lowest BCUT2D eigenvalue weighted by molar-refractivity contribution is 0.104. The molecular formula is C16H25NO. The smallest absolute Gasteiger partial charge is 0.120 e. The summed E-state index contributed by atoms with van der Waals surface area (Å²) in [4.78, 5) is 2.35. The van der Waals surface area contributed by atoms with Crippen LogP contribution in [0.25, 0.3) is 0 Å². The van der Waals surface area contributed by atoms with Crippen molar-refractivity contribution in [3.63, 3.8) is 0 Å². The normalized spacial score (nSPS) is 21.3. The molecule has 1 heterocycles.